The average molecular weight is 273 g/mol. The van der Waals surface area contributed by atoms with Crippen LogP contribution < -0.4 is 0 Å². The number of fused-ring (bicyclic) bond motifs is 1. The second-order valence-corrected chi connectivity index (χ2v) is 5.83. The van der Waals surface area contributed by atoms with Gasteiger partial charge in [-0.3, -0.25) is 0 Å². The van der Waals surface area contributed by atoms with Crippen molar-refractivity contribution in [2.75, 3.05) is 0 Å². The summed E-state index contributed by atoms with van der Waals surface area (Å²) in [6, 6.07) is 2.29. The third-order valence-electron chi connectivity index (χ3n) is 2.62. The number of hydrogen-bond acceptors (Lipinski definition) is 1. The van der Waals surface area contributed by atoms with Crippen LogP contribution in [0.1, 0.15) is 26.6 Å². The molecular formula is C13H15ClF2N2. The van der Waals surface area contributed by atoms with Crippen molar-refractivity contribution in [1.82, 2.24) is 9.55 Å². The summed E-state index contributed by atoms with van der Waals surface area (Å²) in [7, 11) is 0. The largest absolute Gasteiger partial charge is 0.326 e. The van der Waals surface area contributed by atoms with E-state index >= 15 is 0 Å². The first kappa shape index (κ1) is 13.3. The number of benzene rings is 1. The molecule has 2 aromatic rings. The van der Waals surface area contributed by atoms with Crippen molar-refractivity contribution in [3.8, 4) is 0 Å². The van der Waals surface area contributed by atoms with Gasteiger partial charge in [0.15, 0.2) is 11.6 Å². The van der Waals surface area contributed by atoms with Crippen LogP contribution in [0.3, 0.4) is 0 Å². The van der Waals surface area contributed by atoms with Crippen molar-refractivity contribution in [3.05, 3.63) is 29.6 Å². The third kappa shape index (κ3) is 2.48. The van der Waals surface area contributed by atoms with Gasteiger partial charge >= 0.3 is 0 Å². The predicted molar refractivity (Wildman–Crippen MR) is 68.7 cm³/mol. The first-order chi connectivity index (χ1) is 8.31. The summed E-state index contributed by atoms with van der Waals surface area (Å²) in [6.07, 6.45) is 0. The Kier molecular flexibility index (Phi) is 3.32. The van der Waals surface area contributed by atoms with Gasteiger partial charge in [-0.25, -0.2) is 13.8 Å². The molecule has 0 fully saturated rings. The molecule has 0 saturated carbocycles. The van der Waals surface area contributed by atoms with E-state index < -0.39 is 11.6 Å². The van der Waals surface area contributed by atoms with Gasteiger partial charge < -0.3 is 4.57 Å². The zero-order valence-electron chi connectivity index (χ0n) is 10.6. The summed E-state index contributed by atoms with van der Waals surface area (Å²) in [4.78, 5) is 4.24. The molecule has 2 nitrogen and oxygen atoms in total. The lowest BCUT2D eigenvalue weighted by atomic mass is 9.97. The van der Waals surface area contributed by atoms with E-state index in [0.29, 0.717) is 23.4 Å². The zero-order valence-corrected chi connectivity index (χ0v) is 11.4. The normalized spacial score (nSPS) is 12.3. The Morgan fingerprint density at radius 1 is 1.22 bits per heavy atom. The Hall–Kier alpha value is -1.16. The van der Waals surface area contributed by atoms with Gasteiger partial charge in [0.1, 0.15) is 5.82 Å². The molecule has 0 aliphatic carbocycles. The second kappa shape index (κ2) is 4.50. The summed E-state index contributed by atoms with van der Waals surface area (Å²) in [5.74, 6) is -0.900. The van der Waals surface area contributed by atoms with Crippen molar-refractivity contribution < 1.29 is 8.78 Å². The van der Waals surface area contributed by atoms with Crippen molar-refractivity contribution in [2.24, 2.45) is 5.41 Å². The van der Waals surface area contributed by atoms with E-state index in [1.54, 1.807) is 0 Å². The van der Waals surface area contributed by atoms with E-state index in [-0.39, 0.29) is 11.3 Å². The third-order valence-corrected chi connectivity index (χ3v) is 2.86. The first-order valence-corrected chi connectivity index (χ1v) is 6.25. The van der Waals surface area contributed by atoms with Crippen LogP contribution in [-0.4, -0.2) is 9.55 Å². The molecule has 18 heavy (non-hydrogen) atoms. The standard InChI is InChI=1S/C13H15ClF2N2/c1-13(2,3)7-18-11-5-9(16)8(15)4-10(11)17-12(18)6-14/h4-5H,6-7H2,1-3H3. The molecule has 0 spiro atoms. The SMILES string of the molecule is CC(C)(C)Cn1c(CCl)nc2cc(F)c(F)cc21. The van der Waals surface area contributed by atoms with Crippen LogP contribution in [0, 0.1) is 17.0 Å². The molecule has 0 unspecified atom stereocenters. The Balaban J connectivity index is 2.65. The Labute approximate surface area is 110 Å². The van der Waals surface area contributed by atoms with Crippen LogP contribution in [0.4, 0.5) is 8.78 Å². The van der Waals surface area contributed by atoms with Crippen molar-refractivity contribution in [1.29, 1.82) is 0 Å². The van der Waals surface area contributed by atoms with Crippen LogP contribution in [0.15, 0.2) is 12.1 Å². The molecule has 0 aliphatic heterocycles. The van der Waals surface area contributed by atoms with Crippen LogP contribution in [0.5, 0.6) is 0 Å². The molecule has 0 bridgehead atoms. The maximum Gasteiger partial charge on any atom is 0.161 e. The first-order valence-electron chi connectivity index (χ1n) is 5.72. The fourth-order valence-corrected chi connectivity index (χ4v) is 2.13. The van der Waals surface area contributed by atoms with Crippen LogP contribution in [0.25, 0.3) is 11.0 Å². The van der Waals surface area contributed by atoms with Gasteiger partial charge in [0.25, 0.3) is 0 Å². The minimum atomic E-state index is -0.885. The lowest BCUT2D eigenvalue weighted by Crippen LogP contribution is -2.17. The van der Waals surface area contributed by atoms with Crippen LogP contribution in [0.2, 0.25) is 0 Å². The fraction of sp³-hybridized carbons (Fsp3) is 0.462. The molecular weight excluding hydrogens is 258 g/mol. The van der Waals surface area contributed by atoms with Gasteiger partial charge in [-0.1, -0.05) is 20.8 Å². The Morgan fingerprint density at radius 3 is 2.39 bits per heavy atom. The highest BCUT2D eigenvalue weighted by Crippen LogP contribution is 2.25. The fourth-order valence-electron chi connectivity index (χ4n) is 1.92. The maximum atomic E-state index is 13.3. The summed E-state index contributed by atoms with van der Waals surface area (Å²) >= 11 is 5.84. The smallest absolute Gasteiger partial charge is 0.161 e. The topological polar surface area (TPSA) is 17.8 Å². The summed E-state index contributed by atoms with van der Waals surface area (Å²) in [5, 5.41) is 0. The van der Waals surface area contributed by atoms with E-state index in [9.17, 15) is 8.78 Å². The van der Waals surface area contributed by atoms with Gasteiger partial charge in [0.2, 0.25) is 0 Å². The van der Waals surface area contributed by atoms with Crippen LogP contribution in [-0.2, 0) is 12.4 Å². The molecule has 0 amide bonds. The highest BCUT2D eigenvalue weighted by atomic mass is 35.5. The Morgan fingerprint density at radius 2 is 1.83 bits per heavy atom. The molecule has 0 N–H and O–H groups in total. The van der Waals surface area contributed by atoms with E-state index in [1.165, 1.54) is 6.07 Å². The second-order valence-electron chi connectivity index (χ2n) is 5.56. The van der Waals surface area contributed by atoms with E-state index in [1.807, 2.05) is 4.57 Å². The molecule has 1 aromatic carbocycles. The molecule has 0 aliphatic rings. The molecule has 98 valence electrons. The average Bonchev–Trinajstić information content (AvgIpc) is 2.55. The van der Waals surface area contributed by atoms with Crippen molar-refractivity contribution >= 4 is 22.6 Å². The van der Waals surface area contributed by atoms with Gasteiger partial charge in [-0.05, 0) is 5.41 Å². The molecule has 1 heterocycles. The predicted octanol–water partition coefficient (Wildman–Crippen LogP) is 4.10. The van der Waals surface area contributed by atoms with Gasteiger partial charge in [0, 0.05) is 18.7 Å². The molecule has 5 heteroatoms. The van der Waals surface area contributed by atoms with E-state index in [0.717, 1.165) is 6.07 Å². The van der Waals surface area contributed by atoms with Crippen molar-refractivity contribution in [2.45, 2.75) is 33.2 Å². The molecule has 0 radical (unpaired) electrons. The number of halogens is 3. The van der Waals surface area contributed by atoms with Gasteiger partial charge in [-0.15, -0.1) is 11.6 Å². The number of imidazole rings is 1. The van der Waals surface area contributed by atoms with Gasteiger partial charge in [-0.2, -0.15) is 0 Å². The van der Waals surface area contributed by atoms with E-state index in [2.05, 4.69) is 25.8 Å². The molecule has 0 atom stereocenters. The number of aromatic nitrogens is 2. The quantitative estimate of drug-likeness (QED) is 0.753. The zero-order chi connectivity index (χ0) is 13.5. The minimum absolute atomic E-state index is 0.000693. The number of rotatable bonds is 2. The summed E-state index contributed by atoms with van der Waals surface area (Å²) < 4.78 is 28.4. The summed E-state index contributed by atoms with van der Waals surface area (Å²) in [6.45, 7) is 6.85. The monoisotopic (exact) mass is 272 g/mol. The van der Waals surface area contributed by atoms with Gasteiger partial charge in [0.05, 0.1) is 16.9 Å². The van der Waals surface area contributed by atoms with E-state index in [4.69, 9.17) is 11.6 Å². The highest BCUT2D eigenvalue weighted by Gasteiger charge is 2.18. The minimum Gasteiger partial charge on any atom is -0.326 e. The number of hydrogen-bond donors (Lipinski definition) is 0. The van der Waals surface area contributed by atoms with Crippen LogP contribution >= 0.6 is 11.6 Å². The number of alkyl halides is 1. The maximum absolute atomic E-state index is 13.3. The molecule has 1 aromatic heterocycles. The summed E-state index contributed by atoms with van der Waals surface area (Å²) in [5.41, 5.74) is 1.02. The number of nitrogens with zero attached hydrogens (tertiary/aromatic N) is 2. The van der Waals surface area contributed by atoms with Crippen molar-refractivity contribution in [3.63, 3.8) is 0 Å². The molecule has 0 saturated heterocycles. The highest BCUT2D eigenvalue weighted by molar-refractivity contribution is 6.16. The molecule has 2 rings (SSSR count). The Bertz CT molecular complexity index is 585. The lowest BCUT2D eigenvalue weighted by Gasteiger charge is -2.20. The lowest BCUT2D eigenvalue weighted by molar-refractivity contribution is 0.344.